The molecule has 4 rings (SSSR count). The monoisotopic (exact) mass is 491 g/mol. The van der Waals surface area contributed by atoms with Gasteiger partial charge in [0.05, 0.1) is 18.1 Å². The Morgan fingerprint density at radius 1 is 1.06 bits per heavy atom. The van der Waals surface area contributed by atoms with E-state index in [1.807, 2.05) is 0 Å². The minimum atomic E-state index is -5.18. The number of nitrogens with one attached hydrogen (secondary N) is 2. The SMILES string of the molecule is Cc1c([C@@H](NC(C)(Nc2cnc(N3CCC3)nc2)C(F)(F)F)C(F)(F)F)oc2ccc(F)cc12. The summed E-state index contributed by atoms with van der Waals surface area (Å²) in [6.45, 7) is 3.18. The lowest BCUT2D eigenvalue weighted by Crippen LogP contribution is -2.62. The number of aryl methyl sites for hydroxylation is 1. The molecule has 1 fully saturated rings. The molecule has 0 aliphatic carbocycles. The molecule has 0 radical (unpaired) electrons. The van der Waals surface area contributed by atoms with E-state index in [1.54, 1.807) is 10.2 Å². The maximum Gasteiger partial charge on any atom is 0.424 e. The minimum absolute atomic E-state index is 0.0303. The van der Waals surface area contributed by atoms with E-state index in [4.69, 9.17) is 4.42 Å². The molecule has 184 valence electrons. The van der Waals surface area contributed by atoms with Gasteiger partial charge in [-0.1, -0.05) is 0 Å². The number of rotatable bonds is 6. The molecule has 0 saturated carbocycles. The zero-order valence-electron chi connectivity index (χ0n) is 18.0. The molecule has 1 saturated heterocycles. The van der Waals surface area contributed by atoms with Crippen LogP contribution in [0.3, 0.4) is 0 Å². The fraction of sp³-hybridized carbons (Fsp3) is 0.429. The van der Waals surface area contributed by atoms with Gasteiger partial charge in [-0.3, -0.25) is 5.32 Å². The molecule has 13 heteroatoms. The number of halogens is 7. The Labute approximate surface area is 189 Å². The number of alkyl halides is 6. The molecule has 0 amide bonds. The highest BCUT2D eigenvalue weighted by Crippen LogP contribution is 2.42. The quantitative estimate of drug-likeness (QED) is 0.353. The van der Waals surface area contributed by atoms with Crippen LogP contribution in [0.5, 0.6) is 0 Å². The third kappa shape index (κ3) is 4.48. The largest absolute Gasteiger partial charge is 0.459 e. The van der Waals surface area contributed by atoms with E-state index in [1.165, 1.54) is 6.92 Å². The predicted octanol–water partition coefficient (Wildman–Crippen LogP) is 5.46. The highest BCUT2D eigenvalue weighted by atomic mass is 19.4. The first kappa shape index (κ1) is 24.0. The van der Waals surface area contributed by atoms with Crippen molar-refractivity contribution in [2.24, 2.45) is 0 Å². The number of nitrogens with zero attached hydrogens (tertiary/aromatic N) is 3. The number of hydrogen-bond acceptors (Lipinski definition) is 6. The van der Waals surface area contributed by atoms with E-state index in [2.05, 4.69) is 15.3 Å². The lowest BCUT2D eigenvalue weighted by atomic mass is 10.0. The Morgan fingerprint density at radius 3 is 2.24 bits per heavy atom. The normalized spacial score (nSPS) is 17.4. The molecular formula is C21H20F7N5O. The summed E-state index contributed by atoms with van der Waals surface area (Å²) in [7, 11) is 0. The van der Waals surface area contributed by atoms with Crippen LogP contribution in [-0.4, -0.2) is 41.1 Å². The Hall–Kier alpha value is -3.09. The number of anilines is 2. The Bertz CT molecular complexity index is 1170. The number of fused-ring (bicyclic) bond motifs is 1. The lowest BCUT2D eigenvalue weighted by Gasteiger charge is -2.38. The molecular weight excluding hydrogens is 471 g/mol. The summed E-state index contributed by atoms with van der Waals surface area (Å²) in [5.41, 5.74) is -3.70. The molecule has 3 heterocycles. The van der Waals surface area contributed by atoms with Crippen LogP contribution in [0.25, 0.3) is 11.0 Å². The molecule has 0 spiro atoms. The smallest absolute Gasteiger partial charge is 0.424 e. The minimum Gasteiger partial charge on any atom is -0.459 e. The Kier molecular flexibility index (Phi) is 5.86. The predicted molar refractivity (Wildman–Crippen MR) is 110 cm³/mol. The molecule has 6 nitrogen and oxygen atoms in total. The highest BCUT2D eigenvalue weighted by molar-refractivity contribution is 5.82. The number of benzene rings is 1. The number of furan rings is 1. The standard InChI is InChI=1S/C21H20F7N5O/c1-11-14-8-12(22)4-5-15(14)34-16(11)17(20(23,24)25)32-19(2,21(26,27)28)31-13-9-29-18(30-10-13)33-6-3-7-33/h4-5,8-10,17,31-32H,3,6-7H2,1-2H3/t17-,19?/m1/s1. The third-order valence-electron chi connectivity index (χ3n) is 5.70. The summed E-state index contributed by atoms with van der Waals surface area (Å²) in [5, 5.41) is 3.72. The van der Waals surface area contributed by atoms with Crippen molar-refractivity contribution in [1.82, 2.24) is 15.3 Å². The number of aromatic nitrogens is 2. The fourth-order valence-electron chi connectivity index (χ4n) is 3.61. The van der Waals surface area contributed by atoms with Crippen molar-refractivity contribution in [3.05, 3.63) is 47.7 Å². The molecule has 1 aromatic carbocycles. The van der Waals surface area contributed by atoms with E-state index < -0.39 is 35.6 Å². The van der Waals surface area contributed by atoms with Gasteiger partial charge in [-0.25, -0.2) is 14.4 Å². The van der Waals surface area contributed by atoms with E-state index >= 15 is 0 Å². The van der Waals surface area contributed by atoms with E-state index in [-0.39, 0.29) is 22.2 Å². The van der Waals surface area contributed by atoms with E-state index in [9.17, 15) is 30.7 Å². The third-order valence-corrected chi connectivity index (χ3v) is 5.70. The average Bonchev–Trinajstić information content (AvgIpc) is 3.00. The van der Waals surface area contributed by atoms with Crippen LogP contribution < -0.4 is 15.5 Å². The summed E-state index contributed by atoms with van der Waals surface area (Å²) in [6.07, 6.45) is -7.28. The van der Waals surface area contributed by atoms with Gasteiger partial charge >= 0.3 is 12.4 Å². The van der Waals surface area contributed by atoms with Crippen molar-refractivity contribution in [2.75, 3.05) is 23.3 Å². The van der Waals surface area contributed by atoms with Gasteiger partial charge in [-0.2, -0.15) is 26.3 Å². The molecule has 2 atom stereocenters. The van der Waals surface area contributed by atoms with Gasteiger partial charge < -0.3 is 14.6 Å². The topological polar surface area (TPSA) is 66.2 Å². The summed E-state index contributed by atoms with van der Waals surface area (Å²) >= 11 is 0. The molecule has 2 aromatic heterocycles. The summed E-state index contributed by atoms with van der Waals surface area (Å²) in [5.74, 6) is -1.20. The maximum absolute atomic E-state index is 14.1. The van der Waals surface area contributed by atoms with Crippen molar-refractivity contribution < 1.29 is 35.2 Å². The summed E-state index contributed by atoms with van der Waals surface area (Å²) < 4.78 is 103. The summed E-state index contributed by atoms with van der Waals surface area (Å²) in [6, 6.07) is 0.204. The zero-order valence-corrected chi connectivity index (χ0v) is 18.0. The van der Waals surface area contributed by atoms with Gasteiger partial charge in [-0.05, 0) is 38.5 Å². The highest BCUT2D eigenvalue weighted by Gasteiger charge is 2.57. The van der Waals surface area contributed by atoms with Crippen molar-refractivity contribution in [1.29, 1.82) is 0 Å². The van der Waals surface area contributed by atoms with Crippen LogP contribution in [0.1, 0.15) is 30.7 Å². The Morgan fingerprint density at radius 2 is 1.71 bits per heavy atom. The van der Waals surface area contributed by atoms with Crippen molar-refractivity contribution in [2.45, 2.75) is 44.3 Å². The van der Waals surface area contributed by atoms with Gasteiger partial charge in [0.1, 0.15) is 17.2 Å². The fourth-order valence-corrected chi connectivity index (χ4v) is 3.61. The second-order valence-electron chi connectivity index (χ2n) is 8.21. The first-order valence-electron chi connectivity index (χ1n) is 10.2. The van der Waals surface area contributed by atoms with Crippen molar-refractivity contribution >= 4 is 22.6 Å². The van der Waals surface area contributed by atoms with Gasteiger partial charge in [0.2, 0.25) is 5.95 Å². The lowest BCUT2D eigenvalue weighted by molar-refractivity contribution is -0.210. The zero-order chi connectivity index (χ0) is 24.9. The van der Waals surface area contributed by atoms with Crippen molar-refractivity contribution in [3.63, 3.8) is 0 Å². The summed E-state index contributed by atoms with van der Waals surface area (Å²) in [4.78, 5) is 9.77. The molecule has 0 bridgehead atoms. The van der Waals surface area contributed by atoms with E-state index in [0.717, 1.165) is 37.0 Å². The average molecular weight is 491 g/mol. The first-order valence-corrected chi connectivity index (χ1v) is 10.2. The second-order valence-corrected chi connectivity index (χ2v) is 8.21. The molecule has 34 heavy (non-hydrogen) atoms. The molecule has 3 aromatic rings. The van der Waals surface area contributed by atoms with Gasteiger partial charge in [0.25, 0.3) is 0 Å². The maximum atomic E-state index is 14.1. The molecule has 1 aliphatic heterocycles. The van der Waals surface area contributed by atoms with Crippen LogP contribution in [0.15, 0.2) is 35.0 Å². The Balaban J connectivity index is 1.69. The molecule has 2 N–H and O–H groups in total. The van der Waals surface area contributed by atoms with Crippen LogP contribution in [0.2, 0.25) is 0 Å². The molecule has 1 aliphatic rings. The van der Waals surface area contributed by atoms with Crippen LogP contribution in [-0.2, 0) is 0 Å². The van der Waals surface area contributed by atoms with E-state index in [0.29, 0.717) is 26.0 Å². The van der Waals surface area contributed by atoms with Crippen LogP contribution in [0.4, 0.5) is 42.4 Å². The van der Waals surface area contributed by atoms with Gasteiger partial charge in [-0.15, -0.1) is 0 Å². The van der Waals surface area contributed by atoms with Gasteiger partial charge in [0.15, 0.2) is 11.7 Å². The van der Waals surface area contributed by atoms with Crippen LogP contribution in [0, 0.1) is 12.7 Å². The van der Waals surface area contributed by atoms with Crippen molar-refractivity contribution in [3.8, 4) is 0 Å². The second kappa shape index (κ2) is 8.29. The van der Waals surface area contributed by atoms with Gasteiger partial charge in [0, 0.05) is 24.0 Å². The number of hydrogen-bond donors (Lipinski definition) is 2. The van der Waals surface area contributed by atoms with Crippen LogP contribution >= 0.6 is 0 Å². The first-order chi connectivity index (χ1) is 15.8. The molecule has 1 unspecified atom stereocenters.